The van der Waals surface area contributed by atoms with Gasteiger partial charge in [0.25, 0.3) is 5.91 Å². The molecule has 3 aromatic rings. The first-order valence-corrected chi connectivity index (χ1v) is 11.0. The van der Waals surface area contributed by atoms with Crippen molar-refractivity contribution < 1.29 is 9.18 Å². The summed E-state index contributed by atoms with van der Waals surface area (Å²) in [6.45, 7) is 1.95. The lowest BCUT2D eigenvalue weighted by molar-refractivity contribution is 0.102. The van der Waals surface area contributed by atoms with E-state index in [1.165, 1.54) is 0 Å². The Hall–Kier alpha value is -1.98. The minimum atomic E-state index is -1.22. The molecule has 4 rings (SSSR count). The van der Waals surface area contributed by atoms with E-state index in [1.54, 1.807) is 12.1 Å². The molecule has 3 aromatic carbocycles. The lowest BCUT2D eigenvalue weighted by Crippen LogP contribution is -2.13. The number of aryl methyl sites for hydroxylation is 1. The van der Waals surface area contributed by atoms with Gasteiger partial charge < -0.3 is 5.32 Å². The average Bonchev–Trinajstić information content (AvgIpc) is 3.37. The molecule has 1 fully saturated rings. The number of amides is 1. The van der Waals surface area contributed by atoms with E-state index in [0.717, 1.165) is 31.3 Å². The maximum atomic E-state index is 15.3. The highest BCUT2D eigenvalue weighted by molar-refractivity contribution is 9.13. The van der Waals surface area contributed by atoms with Gasteiger partial charge in [0.1, 0.15) is 5.67 Å². The van der Waals surface area contributed by atoms with Gasteiger partial charge in [-0.25, -0.2) is 4.39 Å². The van der Waals surface area contributed by atoms with Crippen LogP contribution in [0, 0.1) is 6.92 Å². The van der Waals surface area contributed by atoms with Crippen LogP contribution >= 0.6 is 31.9 Å². The van der Waals surface area contributed by atoms with Crippen LogP contribution in [0.3, 0.4) is 0 Å². The van der Waals surface area contributed by atoms with E-state index >= 15 is 4.39 Å². The number of rotatable bonds is 5. The zero-order chi connectivity index (χ0) is 20.6. The van der Waals surface area contributed by atoms with E-state index in [0.29, 0.717) is 18.4 Å². The second-order valence-corrected chi connectivity index (χ2v) is 9.32. The number of hydrogen-bond donors (Lipinski definition) is 1. The molecule has 1 amide bonds. The standard InChI is InChI=1S/C24H20Br2FNO/c1-15-4-2-3-5-22(15)28-23(29)17-8-6-16(7-9-17)13-24(27)14-19(24)18-10-11-20(25)21(26)12-18/h2-12,19H,13-14H2,1H3,(H,28,29). The van der Waals surface area contributed by atoms with E-state index in [2.05, 4.69) is 37.2 Å². The van der Waals surface area contributed by atoms with Gasteiger partial charge in [0.05, 0.1) is 0 Å². The molecule has 0 spiro atoms. The molecule has 1 aliphatic carbocycles. The Bertz CT molecular complexity index is 1070. The fourth-order valence-corrected chi connectivity index (χ4v) is 4.29. The van der Waals surface area contributed by atoms with Crippen molar-refractivity contribution in [3.8, 4) is 0 Å². The van der Waals surface area contributed by atoms with Crippen LogP contribution in [0.2, 0.25) is 0 Å². The van der Waals surface area contributed by atoms with Gasteiger partial charge >= 0.3 is 0 Å². The fraction of sp³-hybridized carbons (Fsp3) is 0.208. The third-order valence-corrected chi connectivity index (χ3v) is 7.34. The van der Waals surface area contributed by atoms with Crippen LogP contribution in [0.25, 0.3) is 0 Å². The van der Waals surface area contributed by atoms with Crippen molar-refractivity contribution in [1.82, 2.24) is 0 Å². The number of carbonyl (C=O) groups is 1. The highest BCUT2D eigenvalue weighted by Crippen LogP contribution is 2.56. The Balaban J connectivity index is 1.41. The Morgan fingerprint density at radius 2 is 1.79 bits per heavy atom. The third kappa shape index (κ3) is 4.46. The summed E-state index contributed by atoms with van der Waals surface area (Å²) in [5, 5.41) is 2.92. The van der Waals surface area contributed by atoms with Gasteiger partial charge in [0.15, 0.2) is 0 Å². The smallest absolute Gasteiger partial charge is 0.255 e. The van der Waals surface area contributed by atoms with Gasteiger partial charge in [-0.3, -0.25) is 4.79 Å². The van der Waals surface area contributed by atoms with Crippen LogP contribution < -0.4 is 5.32 Å². The van der Waals surface area contributed by atoms with Crippen molar-refractivity contribution in [1.29, 1.82) is 0 Å². The summed E-state index contributed by atoms with van der Waals surface area (Å²) in [7, 11) is 0. The number of carbonyl (C=O) groups excluding carboxylic acids is 1. The molecule has 2 atom stereocenters. The second kappa shape index (κ2) is 8.04. The largest absolute Gasteiger partial charge is 0.322 e. The second-order valence-electron chi connectivity index (χ2n) is 7.61. The number of halogens is 3. The van der Waals surface area contributed by atoms with E-state index in [9.17, 15) is 4.79 Å². The highest BCUT2D eigenvalue weighted by atomic mass is 79.9. The summed E-state index contributed by atoms with van der Waals surface area (Å²) in [4.78, 5) is 12.5. The third-order valence-electron chi connectivity index (χ3n) is 5.46. The number of hydrogen-bond acceptors (Lipinski definition) is 1. The minimum Gasteiger partial charge on any atom is -0.322 e. The maximum absolute atomic E-state index is 15.3. The van der Waals surface area contributed by atoms with E-state index in [-0.39, 0.29) is 11.8 Å². The molecule has 0 heterocycles. The summed E-state index contributed by atoms with van der Waals surface area (Å²) in [6.07, 6.45) is 0.877. The molecule has 1 saturated carbocycles. The molecule has 2 nitrogen and oxygen atoms in total. The van der Waals surface area contributed by atoms with Crippen molar-refractivity contribution in [2.45, 2.75) is 31.4 Å². The van der Waals surface area contributed by atoms with E-state index in [4.69, 9.17) is 0 Å². The molecule has 1 N–H and O–H groups in total. The Labute approximate surface area is 186 Å². The van der Waals surface area contributed by atoms with Crippen molar-refractivity contribution in [2.75, 3.05) is 5.32 Å². The van der Waals surface area contributed by atoms with Crippen LogP contribution in [0.15, 0.2) is 75.7 Å². The monoisotopic (exact) mass is 515 g/mol. The molecule has 0 aromatic heterocycles. The summed E-state index contributed by atoms with van der Waals surface area (Å²) in [5.41, 5.74) is 3.06. The van der Waals surface area contributed by atoms with Gasteiger partial charge in [-0.05, 0) is 92.2 Å². The summed E-state index contributed by atoms with van der Waals surface area (Å²) in [6, 6.07) is 20.8. The molecule has 0 saturated heterocycles. The highest BCUT2D eigenvalue weighted by Gasteiger charge is 2.55. The number of anilines is 1. The molecule has 0 aliphatic heterocycles. The normalized spacial score (nSPS) is 20.3. The van der Waals surface area contributed by atoms with Gasteiger partial charge in [-0.15, -0.1) is 0 Å². The van der Waals surface area contributed by atoms with Gasteiger partial charge in [0.2, 0.25) is 0 Å². The lowest BCUT2D eigenvalue weighted by atomic mass is 10.0. The molecular formula is C24H20Br2FNO. The Kier molecular flexibility index (Phi) is 5.63. The molecule has 5 heteroatoms. The molecule has 0 radical (unpaired) electrons. The quantitative estimate of drug-likeness (QED) is 0.381. The Morgan fingerprint density at radius 1 is 1.07 bits per heavy atom. The minimum absolute atomic E-state index is 0.0871. The number of para-hydroxylation sites is 1. The number of nitrogens with one attached hydrogen (secondary N) is 1. The number of alkyl halides is 1. The van der Waals surface area contributed by atoms with Crippen LogP contribution in [-0.4, -0.2) is 11.6 Å². The first-order valence-electron chi connectivity index (χ1n) is 9.45. The first-order chi connectivity index (χ1) is 13.9. The predicted octanol–water partition coefficient (Wildman–Crippen LogP) is 7.21. The van der Waals surface area contributed by atoms with Gasteiger partial charge in [0, 0.05) is 32.5 Å². The molecule has 2 unspecified atom stereocenters. The van der Waals surface area contributed by atoms with Crippen molar-refractivity contribution in [3.05, 3.63) is 97.9 Å². The zero-order valence-corrected chi connectivity index (χ0v) is 19.1. The number of benzene rings is 3. The molecule has 148 valence electrons. The van der Waals surface area contributed by atoms with Crippen molar-refractivity contribution >= 4 is 43.5 Å². The Morgan fingerprint density at radius 3 is 2.48 bits per heavy atom. The average molecular weight is 517 g/mol. The topological polar surface area (TPSA) is 29.1 Å². The molecular weight excluding hydrogens is 497 g/mol. The zero-order valence-electron chi connectivity index (χ0n) is 15.9. The van der Waals surface area contributed by atoms with Gasteiger partial charge in [-0.1, -0.05) is 36.4 Å². The predicted molar refractivity (Wildman–Crippen MR) is 122 cm³/mol. The fourth-order valence-electron chi connectivity index (χ4n) is 3.64. The van der Waals surface area contributed by atoms with Crippen molar-refractivity contribution in [2.24, 2.45) is 0 Å². The van der Waals surface area contributed by atoms with Crippen molar-refractivity contribution in [3.63, 3.8) is 0 Å². The van der Waals surface area contributed by atoms with Crippen LogP contribution in [-0.2, 0) is 6.42 Å². The van der Waals surface area contributed by atoms with E-state index < -0.39 is 5.67 Å². The van der Waals surface area contributed by atoms with Crippen LogP contribution in [0.4, 0.5) is 10.1 Å². The van der Waals surface area contributed by atoms with E-state index in [1.807, 2.05) is 61.5 Å². The molecule has 1 aliphatic rings. The van der Waals surface area contributed by atoms with Gasteiger partial charge in [-0.2, -0.15) is 0 Å². The SMILES string of the molecule is Cc1ccccc1NC(=O)c1ccc(CC2(F)CC2c2ccc(Br)c(Br)c2)cc1. The lowest BCUT2D eigenvalue weighted by Gasteiger charge is -2.11. The summed E-state index contributed by atoms with van der Waals surface area (Å²) >= 11 is 6.94. The summed E-state index contributed by atoms with van der Waals surface area (Å²) in [5.74, 6) is -0.249. The summed E-state index contributed by atoms with van der Waals surface area (Å²) < 4.78 is 17.2. The maximum Gasteiger partial charge on any atom is 0.255 e. The molecule has 0 bridgehead atoms. The molecule has 29 heavy (non-hydrogen) atoms. The van der Waals surface area contributed by atoms with Crippen LogP contribution in [0.5, 0.6) is 0 Å². The first kappa shape index (κ1) is 20.3. The van der Waals surface area contributed by atoms with Crippen LogP contribution in [0.1, 0.15) is 39.4 Å².